The highest BCUT2D eigenvalue weighted by atomic mass is 35.5. The molecule has 0 bridgehead atoms. The number of aryl methyl sites for hydroxylation is 1. The summed E-state index contributed by atoms with van der Waals surface area (Å²) in [5, 5.41) is 18.9. The molecule has 0 spiro atoms. The van der Waals surface area contributed by atoms with E-state index in [1.807, 2.05) is 6.92 Å². The van der Waals surface area contributed by atoms with Gasteiger partial charge < -0.3 is 15.0 Å². The summed E-state index contributed by atoms with van der Waals surface area (Å²) in [5.74, 6) is -0.629. The fraction of sp³-hybridized carbons (Fsp3) is 0.364. The van der Waals surface area contributed by atoms with E-state index in [2.05, 4.69) is 0 Å². The first-order valence-electron chi connectivity index (χ1n) is 4.63. The molecule has 15 heavy (non-hydrogen) atoms. The van der Waals surface area contributed by atoms with Gasteiger partial charge in [-0.2, -0.15) is 0 Å². The van der Waals surface area contributed by atoms with Crippen LogP contribution in [0.5, 0.6) is 11.5 Å². The minimum atomic E-state index is -0.324. The van der Waals surface area contributed by atoms with Gasteiger partial charge in [0.05, 0.1) is 5.02 Å². The Kier molecular flexibility index (Phi) is 3.58. The van der Waals surface area contributed by atoms with Crippen LogP contribution in [0.2, 0.25) is 5.02 Å². The molecule has 1 aromatic rings. The predicted molar refractivity (Wildman–Crippen MR) is 58.6 cm³/mol. The van der Waals surface area contributed by atoms with Gasteiger partial charge in [-0.3, -0.25) is 0 Å². The van der Waals surface area contributed by atoms with Crippen LogP contribution in [0.1, 0.15) is 30.4 Å². The molecule has 0 aliphatic carbocycles. The van der Waals surface area contributed by atoms with Gasteiger partial charge in [-0.25, -0.2) is 0 Å². The molecular formula is C11H13ClO3. The summed E-state index contributed by atoms with van der Waals surface area (Å²) in [6.07, 6.45) is 1.15. The molecule has 1 rings (SSSR count). The van der Waals surface area contributed by atoms with E-state index in [4.69, 9.17) is 11.6 Å². The quantitative estimate of drug-likeness (QED) is 0.618. The minimum absolute atomic E-state index is 0.0681. The van der Waals surface area contributed by atoms with E-state index in [1.54, 1.807) is 6.92 Å². The maximum Gasteiger partial charge on any atom is 0.176 e. The third-order valence-corrected chi connectivity index (χ3v) is 2.79. The molecular weight excluding hydrogens is 216 g/mol. The molecule has 0 aliphatic rings. The molecule has 0 aromatic heterocycles. The Balaban J connectivity index is 3.28. The average Bonchev–Trinajstić information content (AvgIpc) is 2.15. The fourth-order valence-electron chi connectivity index (χ4n) is 1.63. The lowest BCUT2D eigenvalue weighted by atomic mass is 9.93. The molecule has 1 atom stereocenters. The number of carbonyl (C=O) groups is 1. The second-order valence-corrected chi connectivity index (χ2v) is 3.97. The first kappa shape index (κ1) is 11.9. The van der Waals surface area contributed by atoms with Crippen LogP contribution in [-0.4, -0.2) is 16.5 Å². The summed E-state index contributed by atoms with van der Waals surface area (Å²) in [7, 11) is 0. The Morgan fingerprint density at radius 2 is 2.13 bits per heavy atom. The number of aromatic hydroxyl groups is 2. The van der Waals surface area contributed by atoms with E-state index < -0.39 is 0 Å². The maximum absolute atomic E-state index is 10.4. The first-order chi connectivity index (χ1) is 6.99. The molecule has 3 nitrogen and oxygen atoms in total. The van der Waals surface area contributed by atoms with E-state index in [1.165, 1.54) is 6.07 Å². The third-order valence-electron chi connectivity index (χ3n) is 2.41. The van der Waals surface area contributed by atoms with Crippen LogP contribution in [0.15, 0.2) is 6.07 Å². The number of aldehydes is 1. The molecule has 0 fully saturated rings. The van der Waals surface area contributed by atoms with Crippen LogP contribution in [0.4, 0.5) is 0 Å². The van der Waals surface area contributed by atoms with E-state index in [0.717, 1.165) is 11.8 Å². The number of carbonyl (C=O) groups excluding carboxylic acids is 1. The second-order valence-electron chi connectivity index (χ2n) is 3.59. The topological polar surface area (TPSA) is 57.5 Å². The Labute approximate surface area is 93.3 Å². The number of benzene rings is 1. The zero-order valence-electron chi connectivity index (χ0n) is 8.62. The Morgan fingerprint density at radius 3 is 2.67 bits per heavy atom. The molecule has 0 aliphatic heterocycles. The number of hydrogen-bond acceptors (Lipinski definition) is 3. The van der Waals surface area contributed by atoms with Crippen molar-refractivity contribution in [3.05, 3.63) is 22.2 Å². The monoisotopic (exact) mass is 228 g/mol. The van der Waals surface area contributed by atoms with E-state index >= 15 is 0 Å². The lowest BCUT2D eigenvalue weighted by Crippen LogP contribution is -1.99. The standard InChI is InChI=1S/C11H13ClO3/c1-6(3-4-13)9-7(2)5-8(14)11(15)10(9)12/h4-6,14-15H,3H2,1-2H3. The largest absolute Gasteiger partial charge is 0.504 e. The number of phenols is 2. The lowest BCUT2D eigenvalue weighted by molar-refractivity contribution is -0.108. The molecule has 0 radical (unpaired) electrons. The molecule has 0 heterocycles. The van der Waals surface area contributed by atoms with Crippen molar-refractivity contribution < 1.29 is 15.0 Å². The molecule has 4 heteroatoms. The fourth-order valence-corrected chi connectivity index (χ4v) is 2.06. The van der Waals surface area contributed by atoms with Crippen molar-refractivity contribution in [1.29, 1.82) is 0 Å². The van der Waals surface area contributed by atoms with Crippen LogP contribution >= 0.6 is 11.6 Å². The highest BCUT2D eigenvalue weighted by Gasteiger charge is 2.18. The van der Waals surface area contributed by atoms with Crippen LogP contribution in [-0.2, 0) is 4.79 Å². The SMILES string of the molecule is Cc1cc(O)c(O)c(Cl)c1C(C)CC=O. The highest BCUT2D eigenvalue weighted by molar-refractivity contribution is 6.33. The smallest absolute Gasteiger partial charge is 0.176 e. The second kappa shape index (κ2) is 4.53. The van der Waals surface area contributed by atoms with Gasteiger partial charge in [0.25, 0.3) is 0 Å². The van der Waals surface area contributed by atoms with E-state index in [9.17, 15) is 15.0 Å². The summed E-state index contributed by atoms with van der Waals surface area (Å²) in [5.41, 5.74) is 1.48. The lowest BCUT2D eigenvalue weighted by Gasteiger charge is -2.15. The van der Waals surface area contributed by atoms with Crippen molar-refractivity contribution in [2.75, 3.05) is 0 Å². The summed E-state index contributed by atoms with van der Waals surface area (Å²) in [4.78, 5) is 10.4. The van der Waals surface area contributed by atoms with Crippen LogP contribution in [0, 0.1) is 6.92 Å². The van der Waals surface area contributed by atoms with Crippen molar-refractivity contribution in [2.45, 2.75) is 26.2 Å². The normalized spacial score (nSPS) is 12.5. The zero-order chi connectivity index (χ0) is 11.6. The average molecular weight is 229 g/mol. The summed E-state index contributed by atoms with van der Waals surface area (Å²) >= 11 is 5.91. The molecule has 82 valence electrons. The molecule has 0 saturated carbocycles. The third kappa shape index (κ3) is 2.23. The highest BCUT2D eigenvalue weighted by Crippen LogP contribution is 2.41. The van der Waals surface area contributed by atoms with Gasteiger partial charge in [0.15, 0.2) is 11.5 Å². The van der Waals surface area contributed by atoms with Crippen molar-refractivity contribution >= 4 is 17.9 Å². The van der Waals surface area contributed by atoms with Crippen LogP contribution in [0.3, 0.4) is 0 Å². The van der Waals surface area contributed by atoms with Gasteiger partial charge in [-0.05, 0) is 30.0 Å². The minimum Gasteiger partial charge on any atom is -0.504 e. The summed E-state index contributed by atoms with van der Waals surface area (Å²) in [6.45, 7) is 3.63. The summed E-state index contributed by atoms with van der Waals surface area (Å²) < 4.78 is 0. The molecule has 0 saturated heterocycles. The Morgan fingerprint density at radius 1 is 1.53 bits per heavy atom. The number of hydrogen-bond donors (Lipinski definition) is 2. The predicted octanol–water partition coefficient (Wildman–Crippen LogP) is 2.75. The van der Waals surface area contributed by atoms with Crippen molar-refractivity contribution in [1.82, 2.24) is 0 Å². The van der Waals surface area contributed by atoms with Gasteiger partial charge in [-0.1, -0.05) is 18.5 Å². The van der Waals surface area contributed by atoms with Crippen LogP contribution < -0.4 is 0 Å². The molecule has 2 N–H and O–H groups in total. The van der Waals surface area contributed by atoms with Crippen LogP contribution in [0.25, 0.3) is 0 Å². The number of phenolic OH excluding ortho intramolecular Hbond substituents is 2. The van der Waals surface area contributed by atoms with Gasteiger partial charge >= 0.3 is 0 Å². The first-order valence-corrected chi connectivity index (χ1v) is 5.01. The summed E-state index contributed by atoms with van der Waals surface area (Å²) in [6, 6.07) is 1.44. The molecule has 1 aromatic carbocycles. The van der Waals surface area contributed by atoms with Crippen molar-refractivity contribution in [3.8, 4) is 11.5 Å². The van der Waals surface area contributed by atoms with E-state index in [0.29, 0.717) is 12.0 Å². The maximum atomic E-state index is 10.4. The van der Waals surface area contributed by atoms with Crippen molar-refractivity contribution in [3.63, 3.8) is 0 Å². The molecule has 0 amide bonds. The zero-order valence-corrected chi connectivity index (χ0v) is 9.38. The Hall–Kier alpha value is -1.22. The van der Waals surface area contributed by atoms with Gasteiger partial charge in [0.1, 0.15) is 6.29 Å². The van der Waals surface area contributed by atoms with Crippen molar-refractivity contribution in [2.24, 2.45) is 0 Å². The van der Waals surface area contributed by atoms with Gasteiger partial charge in [0, 0.05) is 6.42 Å². The number of rotatable bonds is 3. The van der Waals surface area contributed by atoms with Gasteiger partial charge in [-0.15, -0.1) is 0 Å². The number of halogens is 1. The Bertz CT molecular complexity index is 388. The molecule has 1 unspecified atom stereocenters. The van der Waals surface area contributed by atoms with E-state index in [-0.39, 0.29) is 22.4 Å². The van der Waals surface area contributed by atoms with Gasteiger partial charge in [0.2, 0.25) is 0 Å².